The van der Waals surface area contributed by atoms with Crippen molar-refractivity contribution in [1.29, 1.82) is 5.26 Å². The molecular formula is C19H15N5. The highest BCUT2D eigenvalue weighted by Crippen LogP contribution is 2.32. The largest absolute Gasteiger partial charge is 0.340 e. The molecule has 0 fully saturated rings. The molecule has 116 valence electrons. The maximum atomic E-state index is 9.21. The Morgan fingerprint density at radius 2 is 1.88 bits per heavy atom. The fourth-order valence-corrected chi connectivity index (χ4v) is 3.12. The van der Waals surface area contributed by atoms with Crippen LogP contribution in [0.5, 0.6) is 0 Å². The van der Waals surface area contributed by atoms with Crippen LogP contribution >= 0.6 is 0 Å². The lowest BCUT2D eigenvalue weighted by molar-refractivity contribution is 0.664. The Hall–Kier alpha value is -3.39. The van der Waals surface area contributed by atoms with E-state index in [2.05, 4.69) is 75.6 Å². The van der Waals surface area contributed by atoms with E-state index in [0.29, 0.717) is 11.4 Å². The van der Waals surface area contributed by atoms with Crippen molar-refractivity contribution in [2.75, 3.05) is 0 Å². The molecule has 0 aliphatic rings. The molecule has 0 aliphatic heterocycles. The van der Waals surface area contributed by atoms with Gasteiger partial charge in [0.15, 0.2) is 5.69 Å². The lowest BCUT2D eigenvalue weighted by Crippen LogP contribution is -2.04. The van der Waals surface area contributed by atoms with Crippen LogP contribution in [0.15, 0.2) is 60.8 Å². The van der Waals surface area contributed by atoms with Crippen molar-refractivity contribution in [3.63, 3.8) is 0 Å². The Kier molecular flexibility index (Phi) is 3.36. The molecule has 2 aromatic heterocycles. The molecule has 5 nitrogen and oxygen atoms in total. The van der Waals surface area contributed by atoms with Gasteiger partial charge in [-0.15, -0.1) is 5.10 Å². The molecule has 0 spiro atoms. The summed E-state index contributed by atoms with van der Waals surface area (Å²) in [5.74, 6) is 0. The second-order valence-corrected chi connectivity index (χ2v) is 5.68. The summed E-state index contributed by atoms with van der Waals surface area (Å²) in [6.07, 6.45) is 2.08. The third kappa shape index (κ3) is 2.17. The number of aromatic amines is 1. The Bertz CT molecular complexity index is 1040. The summed E-state index contributed by atoms with van der Waals surface area (Å²) < 4.78 is 2.24. The van der Waals surface area contributed by atoms with Gasteiger partial charge in [0.05, 0.1) is 6.04 Å². The third-order valence-corrected chi connectivity index (χ3v) is 4.37. The lowest BCUT2D eigenvalue weighted by atomic mass is 10.1. The smallest absolute Gasteiger partial charge is 0.190 e. The zero-order valence-corrected chi connectivity index (χ0v) is 13.1. The average Bonchev–Trinajstić information content (AvgIpc) is 3.28. The standard InChI is InChI=1S/C19H15N5/c1-13(14-6-3-2-4-7-14)24-11-10-15-16(8-5-9-18(15)24)19-17(12-20)21-23-22-19/h2-11,13H,1H3,(H,21,22,23). The second-order valence-electron chi connectivity index (χ2n) is 5.68. The number of aromatic nitrogens is 4. The molecule has 1 atom stereocenters. The van der Waals surface area contributed by atoms with Crippen LogP contribution in [0.3, 0.4) is 0 Å². The zero-order valence-electron chi connectivity index (χ0n) is 13.1. The first kappa shape index (κ1) is 14.2. The molecule has 4 rings (SSSR count). The summed E-state index contributed by atoms with van der Waals surface area (Å²) in [5.41, 5.74) is 4.17. The molecule has 1 unspecified atom stereocenters. The minimum Gasteiger partial charge on any atom is -0.340 e. The number of nitriles is 1. The number of nitrogens with zero attached hydrogens (tertiary/aromatic N) is 4. The highest BCUT2D eigenvalue weighted by molar-refractivity contribution is 5.95. The van der Waals surface area contributed by atoms with Crippen LogP contribution in [0.2, 0.25) is 0 Å². The molecule has 4 aromatic rings. The van der Waals surface area contributed by atoms with Crippen molar-refractivity contribution >= 4 is 10.9 Å². The Morgan fingerprint density at radius 3 is 2.67 bits per heavy atom. The van der Waals surface area contributed by atoms with Gasteiger partial charge in [-0.2, -0.15) is 15.6 Å². The minimum atomic E-state index is 0.215. The molecular weight excluding hydrogens is 298 g/mol. The molecule has 0 saturated heterocycles. The van der Waals surface area contributed by atoms with E-state index >= 15 is 0 Å². The number of hydrogen-bond donors (Lipinski definition) is 1. The second kappa shape index (κ2) is 5.67. The molecule has 5 heteroatoms. The van der Waals surface area contributed by atoms with Crippen LogP contribution < -0.4 is 0 Å². The Balaban J connectivity index is 1.87. The van der Waals surface area contributed by atoms with Crippen LogP contribution in [0.25, 0.3) is 22.2 Å². The summed E-state index contributed by atoms with van der Waals surface area (Å²) in [4.78, 5) is 0. The van der Waals surface area contributed by atoms with Crippen molar-refractivity contribution < 1.29 is 0 Å². The maximum Gasteiger partial charge on any atom is 0.190 e. The van der Waals surface area contributed by atoms with E-state index < -0.39 is 0 Å². The number of nitrogens with one attached hydrogen (secondary N) is 1. The third-order valence-electron chi connectivity index (χ3n) is 4.37. The van der Waals surface area contributed by atoms with Gasteiger partial charge in [0.1, 0.15) is 11.8 Å². The van der Waals surface area contributed by atoms with Crippen LogP contribution in [0, 0.1) is 11.3 Å². The molecule has 24 heavy (non-hydrogen) atoms. The first-order valence-electron chi connectivity index (χ1n) is 7.75. The van der Waals surface area contributed by atoms with Gasteiger partial charge in [-0.3, -0.25) is 0 Å². The van der Waals surface area contributed by atoms with Crippen LogP contribution in [0.4, 0.5) is 0 Å². The highest BCUT2D eigenvalue weighted by Gasteiger charge is 2.16. The quantitative estimate of drug-likeness (QED) is 0.623. The number of fused-ring (bicyclic) bond motifs is 1. The number of hydrogen-bond acceptors (Lipinski definition) is 3. The molecule has 0 aliphatic carbocycles. The Labute approximate surface area is 139 Å². The molecule has 0 radical (unpaired) electrons. The maximum absolute atomic E-state index is 9.21. The van der Waals surface area contributed by atoms with E-state index in [4.69, 9.17) is 0 Å². The van der Waals surface area contributed by atoms with E-state index in [0.717, 1.165) is 16.5 Å². The van der Waals surface area contributed by atoms with Crippen molar-refractivity contribution in [3.8, 4) is 17.3 Å². The number of rotatable bonds is 3. The first-order chi connectivity index (χ1) is 11.8. The van der Waals surface area contributed by atoms with Gasteiger partial charge in [0.2, 0.25) is 0 Å². The van der Waals surface area contributed by atoms with Crippen molar-refractivity contribution in [2.24, 2.45) is 0 Å². The van der Waals surface area contributed by atoms with Crippen LogP contribution in [0.1, 0.15) is 24.2 Å². The first-order valence-corrected chi connectivity index (χ1v) is 7.75. The summed E-state index contributed by atoms with van der Waals surface area (Å²) >= 11 is 0. The summed E-state index contributed by atoms with van der Waals surface area (Å²) in [6, 6.07) is 20.8. The van der Waals surface area contributed by atoms with Gasteiger partial charge in [0, 0.05) is 22.7 Å². The lowest BCUT2D eigenvalue weighted by Gasteiger charge is -2.16. The van der Waals surface area contributed by atoms with E-state index in [1.54, 1.807) is 0 Å². The van der Waals surface area contributed by atoms with Gasteiger partial charge >= 0.3 is 0 Å². The van der Waals surface area contributed by atoms with Crippen LogP contribution in [-0.4, -0.2) is 20.0 Å². The monoisotopic (exact) mass is 313 g/mol. The predicted molar refractivity (Wildman–Crippen MR) is 92.3 cm³/mol. The van der Waals surface area contributed by atoms with Crippen LogP contribution in [-0.2, 0) is 0 Å². The molecule has 0 amide bonds. The average molecular weight is 313 g/mol. The zero-order chi connectivity index (χ0) is 16.5. The van der Waals surface area contributed by atoms with Gasteiger partial charge in [-0.05, 0) is 24.6 Å². The van der Waals surface area contributed by atoms with E-state index in [9.17, 15) is 5.26 Å². The molecule has 2 aromatic carbocycles. The van der Waals surface area contributed by atoms with E-state index in [1.165, 1.54) is 5.56 Å². The van der Waals surface area contributed by atoms with Gasteiger partial charge in [-0.25, -0.2) is 0 Å². The minimum absolute atomic E-state index is 0.215. The Morgan fingerprint density at radius 1 is 1.04 bits per heavy atom. The fraction of sp³-hybridized carbons (Fsp3) is 0.105. The fourth-order valence-electron chi connectivity index (χ4n) is 3.12. The predicted octanol–water partition coefficient (Wildman–Crippen LogP) is 3.91. The summed E-state index contributed by atoms with van der Waals surface area (Å²) in [6.45, 7) is 2.18. The summed E-state index contributed by atoms with van der Waals surface area (Å²) in [5, 5.41) is 20.9. The summed E-state index contributed by atoms with van der Waals surface area (Å²) in [7, 11) is 0. The topological polar surface area (TPSA) is 70.3 Å². The van der Waals surface area contributed by atoms with E-state index in [1.807, 2.05) is 18.2 Å². The number of benzene rings is 2. The van der Waals surface area contributed by atoms with Crippen molar-refractivity contribution in [1.82, 2.24) is 20.0 Å². The van der Waals surface area contributed by atoms with E-state index in [-0.39, 0.29) is 6.04 Å². The van der Waals surface area contributed by atoms with Gasteiger partial charge in [0.25, 0.3) is 0 Å². The van der Waals surface area contributed by atoms with Gasteiger partial charge < -0.3 is 4.57 Å². The molecule has 0 saturated carbocycles. The van der Waals surface area contributed by atoms with Crippen molar-refractivity contribution in [2.45, 2.75) is 13.0 Å². The molecule has 0 bridgehead atoms. The SMILES string of the molecule is CC(c1ccccc1)n1ccc2c(-c3n[nH]nc3C#N)cccc21. The highest BCUT2D eigenvalue weighted by atomic mass is 15.3. The number of H-pyrrole nitrogens is 1. The molecule has 1 N–H and O–H groups in total. The normalized spacial score (nSPS) is 12.2. The van der Waals surface area contributed by atoms with Gasteiger partial charge in [-0.1, -0.05) is 42.5 Å². The molecule has 2 heterocycles. The van der Waals surface area contributed by atoms with Crippen molar-refractivity contribution in [3.05, 3.63) is 72.1 Å².